The van der Waals surface area contributed by atoms with Gasteiger partial charge in [-0.25, -0.2) is 19.3 Å². The number of aromatic nitrogens is 5. The van der Waals surface area contributed by atoms with Crippen molar-refractivity contribution in [3.63, 3.8) is 0 Å². The van der Waals surface area contributed by atoms with Crippen LogP contribution in [0.15, 0.2) is 47.3 Å². The first-order valence-electron chi connectivity index (χ1n) is 16.3. The van der Waals surface area contributed by atoms with Gasteiger partial charge in [-0.3, -0.25) is 24.0 Å². The van der Waals surface area contributed by atoms with Gasteiger partial charge in [0.1, 0.15) is 40.2 Å². The molecule has 3 fully saturated rings. The summed E-state index contributed by atoms with van der Waals surface area (Å²) in [4.78, 5) is 57.7. The summed E-state index contributed by atoms with van der Waals surface area (Å²) in [6, 6.07) is 8.64. The lowest BCUT2D eigenvalue weighted by atomic mass is 9.95. The van der Waals surface area contributed by atoms with Crippen LogP contribution < -0.4 is 5.32 Å². The van der Waals surface area contributed by atoms with Crippen molar-refractivity contribution in [2.45, 2.75) is 84.2 Å². The molecule has 2 amide bonds. The molecule has 4 aromatic rings. The zero-order valence-electron chi connectivity index (χ0n) is 27.5. The fourth-order valence-corrected chi connectivity index (χ4v) is 7.48. The number of rotatable bonds is 8. The molecule has 2 saturated heterocycles. The van der Waals surface area contributed by atoms with Crippen LogP contribution in [0.5, 0.6) is 0 Å². The van der Waals surface area contributed by atoms with E-state index in [-0.39, 0.29) is 41.3 Å². The van der Waals surface area contributed by atoms with Gasteiger partial charge in [-0.2, -0.15) is 5.10 Å². The molecule has 7 rings (SSSR count). The van der Waals surface area contributed by atoms with Gasteiger partial charge in [-0.05, 0) is 84.6 Å². The average Bonchev–Trinajstić information content (AvgIpc) is 3.40. The molecule has 0 radical (unpaired) electrons. The van der Waals surface area contributed by atoms with Crippen LogP contribution in [0.25, 0.3) is 22.0 Å². The number of Topliss-reactive ketones (excluding diaryl/α,β-unsaturated/α-hetero) is 1. The molecule has 1 aromatic carbocycles. The van der Waals surface area contributed by atoms with E-state index in [1.54, 1.807) is 28.9 Å². The topological polar surface area (TPSA) is 126 Å². The number of amides is 2. The molecule has 1 N–H and O–H groups in total. The molecule has 11 nitrogen and oxygen atoms in total. The Morgan fingerprint density at radius 3 is 2.48 bits per heavy atom. The molecule has 13 heteroatoms. The maximum atomic E-state index is 14.4. The molecule has 1 aliphatic carbocycles. The molecule has 3 atom stereocenters. The van der Waals surface area contributed by atoms with Crippen LogP contribution in [-0.2, 0) is 22.7 Å². The molecule has 0 bridgehead atoms. The van der Waals surface area contributed by atoms with Crippen LogP contribution in [-0.4, -0.2) is 83.0 Å². The number of hydrogen-bond donors (Lipinski definition) is 1. The van der Waals surface area contributed by atoms with Gasteiger partial charge in [0.05, 0.1) is 5.52 Å². The van der Waals surface area contributed by atoms with Crippen molar-refractivity contribution in [2.24, 2.45) is 5.41 Å². The molecule has 1 saturated carbocycles. The van der Waals surface area contributed by atoms with Gasteiger partial charge in [0.25, 0.3) is 0 Å². The number of pyridine rings is 1. The van der Waals surface area contributed by atoms with Crippen LogP contribution >= 0.6 is 15.9 Å². The summed E-state index contributed by atoms with van der Waals surface area (Å²) in [6.45, 7) is 8.68. The first kappa shape index (κ1) is 32.4. The van der Waals surface area contributed by atoms with Crippen LogP contribution in [0.2, 0.25) is 0 Å². The average molecular weight is 718 g/mol. The molecule has 0 spiro atoms. The van der Waals surface area contributed by atoms with Crippen molar-refractivity contribution in [3.05, 3.63) is 64.4 Å². The van der Waals surface area contributed by atoms with Crippen molar-refractivity contribution >= 4 is 50.2 Å². The van der Waals surface area contributed by atoms with E-state index in [1.165, 1.54) is 6.92 Å². The van der Waals surface area contributed by atoms with E-state index >= 15 is 0 Å². The second-order valence-electron chi connectivity index (χ2n) is 14.0. The van der Waals surface area contributed by atoms with Crippen molar-refractivity contribution in [2.75, 3.05) is 18.4 Å². The van der Waals surface area contributed by atoms with E-state index in [4.69, 9.17) is 0 Å². The Morgan fingerprint density at radius 2 is 1.77 bits per heavy atom. The highest BCUT2D eigenvalue weighted by molar-refractivity contribution is 9.10. The zero-order chi connectivity index (χ0) is 34.0. The Morgan fingerprint density at radius 1 is 1.04 bits per heavy atom. The van der Waals surface area contributed by atoms with E-state index in [1.807, 2.05) is 37.3 Å². The van der Waals surface area contributed by atoms with E-state index < -0.39 is 11.7 Å². The van der Waals surface area contributed by atoms with E-state index in [9.17, 15) is 18.8 Å². The summed E-state index contributed by atoms with van der Waals surface area (Å²) < 4.78 is 16.6. The second-order valence-corrected chi connectivity index (χ2v) is 14.8. The van der Waals surface area contributed by atoms with Gasteiger partial charge in [-0.15, -0.1) is 0 Å². The molecule has 5 heterocycles. The summed E-state index contributed by atoms with van der Waals surface area (Å²) in [5, 5.41) is 8.24. The third kappa shape index (κ3) is 6.25. The van der Waals surface area contributed by atoms with Gasteiger partial charge in [0.15, 0.2) is 5.78 Å². The number of aryl methyl sites for hydroxylation is 1. The highest BCUT2D eigenvalue weighted by Crippen LogP contribution is 2.59. The number of nitrogens with one attached hydrogen (secondary N) is 1. The maximum absolute atomic E-state index is 14.4. The molecule has 3 aliphatic rings. The molecule has 2 aliphatic heterocycles. The van der Waals surface area contributed by atoms with Crippen LogP contribution in [0.3, 0.4) is 0 Å². The van der Waals surface area contributed by atoms with Gasteiger partial charge in [-0.1, -0.05) is 19.1 Å². The summed E-state index contributed by atoms with van der Waals surface area (Å²) in [5.41, 5.74) is 2.11. The number of benzene rings is 1. The van der Waals surface area contributed by atoms with E-state index in [2.05, 4.69) is 53.1 Å². The Bertz CT molecular complexity index is 1940. The third-order valence-corrected chi connectivity index (χ3v) is 10.6. The molecular formula is C35H38BrFN8O3. The molecule has 3 aromatic heterocycles. The smallest absolute Gasteiger partial charge is 0.248 e. The first-order valence-corrected chi connectivity index (χ1v) is 17.1. The van der Waals surface area contributed by atoms with E-state index in [0.717, 1.165) is 23.1 Å². The largest absolute Gasteiger partial charge is 0.325 e. The van der Waals surface area contributed by atoms with Crippen LogP contribution in [0, 0.1) is 12.3 Å². The summed E-state index contributed by atoms with van der Waals surface area (Å²) in [7, 11) is 0. The highest BCUT2D eigenvalue weighted by Gasteiger charge is 2.64. The van der Waals surface area contributed by atoms with Gasteiger partial charge >= 0.3 is 0 Å². The van der Waals surface area contributed by atoms with Crippen molar-refractivity contribution < 1.29 is 18.8 Å². The predicted octanol–water partition coefficient (Wildman–Crippen LogP) is 5.50. The lowest BCUT2D eigenvalue weighted by Gasteiger charge is -2.34. The highest BCUT2D eigenvalue weighted by atomic mass is 79.9. The lowest BCUT2D eigenvalue weighted by Crippen LogP contribution is -2.47. The lowest BCUT2D eigenvalue weighted by molar-refractivity contribution is -0.138. The molecular weight excluding hydrogens is 679 g/mol. The SMILES string of the molecule is CC(=O)c1nn(CC(=O)N2[C@H](C(=O)Nc3nc(Br)ccc3CN3CCC(C)(F)CC3)C[C@@]3(C)C[C@@H]23)c2ccc(-c3cnc(C)nc3)cc12. The minimum Gasteiger partial charge on any atom is -0.325 e. The fourth-order valence-electron chi connectivity index (χ4n) is 7.17. The minimum atomic E-state index is -1.16. The predicted molar refractivity (Wildman–Crippen MR) is 182 cm³/mol. The maximum Gasteiger partial charge on any atom is 0.248 e. The van der Waals surface area contributed by atoms with Crippen molar-refractivity contribution in [3.8, 4) is 11.1 Å². The monoisotopic (exact) mass is 716 g/mol. The number of anilines is 1. The molecule has 0 unspecified atom stereocenters. The Kier molecular flexibility index (Phi) is 8.18. The van der Waals surface area contributed by atoms with Gasteiger partial charge in [0.2, 0.25) is 11.8 Å². The number of carbonyl (C=O) groups is 3. The number of halogens is 2. The second kappa shape index (κ2) is 12.1. The van der Waals surface area contributed by atoms with Crippen LogP contribution in [0.4, 0.5) is 10.2 Å². The number of piperidine rings is 2. The van der Waals surface area contributed by atoms with E-state index in [0.29, 0.717) is 66.0 Å². The molecule has 250 valence electrons. The Hall–Kier alpha value is -4.10. The quantitative estimate of drug-likeness (QED) is 0.187. The number of ketones is 1. The third-order valence-electron chi connectivity index (χ3n) is 10.2. The fraction of sp³-hybridized carbons (Fsp3) is 0.457. The summed E-state index contributed by atoms with van der Waals surface area (Å²) in [6.07, 6.45) is 5.75. The van der Waals surface area contributed by atoms with Gasteiger partial charge in [0, 0.05) is 61.5 Å². The summed E-state index contributed by atoms with van der Waals surface area (Å²) in [5.74, 6) is 0.353. The summed E-state index contributed by atoms with van der Waals surface area (Å²) >= 11 is 3.43. The minimum absolute atomic E-state index is 0.0544. The zero-order valence-corrected chi connectivity index (χ0v) is 29.1. The number of likely N-dealkylation sites (tertiary alicyclic amines) is 2. The Balaban J connectivity index is 1.12. The Labute approximate surface area is 286 Å². The van der Waals surface area contributed by atoms with Gasteiger partial charge < -0.3 is 10.2 Å². The standard InChI is InChI=1S/C35H38BrFN8O3/c1-20(46)31-25-13-22(24-16-38-21(2)39-17-24)5-7-26(25)44(42-31)19-30(47)45-27(14-34(3)15-28(34)45)33(48)41-32-23(6-8-29(36)40-32)18-43-11-9-35(4,37)10-12-43/h5-8,13,16-17,27-28H,9-12,14-15,18-19H2,1-4H3,(H,40,41,48)/t27-,28+,34-/m0/s1. The number of fused-ring (bicyclic) bond motifs is 2. The van der Waals surface area contributed by atoms with Crippen molar-refractivity contribution in [1.29, 1.82) is 0 Å². The number of nitrogens with zero attached hydrogens (tertiary/aromatic N) is 7. The first-order chi connectivity index (χ1) is 22.8. The number of hydrogen-bond acceptors (Lipinski definition) is 8. The number of alkyl halides is 1. The van der Waals surface area contributed by atoms with Crippen LogP contribution in [0.1, 0.15) is 68.3 Å². The normalized spacial score (nSPS) is 23.2. The molecule has 48 heavy (non-hydrogen) atoms. The van der Waals surface area contributed by atoms with Crippen molar-refractivity contribution in [1.82, 2.24) is 34.5 Å². The number of carbonyl (C=O) groups excluding carboxylic acids is 3.